The van der Waals surface area contributed by atoms with E-state index in [1.807, 2.05) is 0 Å². The molecule has 0 bridgehead atoms. The monoisotopic (exact) mass is 278 g/mol. The van der Waals surface area contributed by atoms with Crippen molar-refractivity contribution in [2.45, 2.75) is 44.9 Å². The number of hydrogen-bond acceptors (Lipinski definition) is 3. The van der Waals surface area contributed by atoms with Crippen molar-refractivity contribution in [3.8, 4) is 0 Å². The van der Waals surface area contributed by atoms with Gasteiger partial charge in [0.2, 0.25) is 5.91 Å². The predicted molar refractivity (Wildman–Crippen MR) is 80.2 cm³/mol. The minimum Gasteiger partial charge on any atom is -0.513 e. The third-order valence-electron chi connectivity index (χ3n) is 4.59. The van der Waals surface area contributed by atoms with Crippen LogP contribution >= 0.6 is 0 Å². The quantitative estimate of drug-likeness (QED) is 0.735. The lowest BCUT2D eigenvalue weighted by Gasteiger charge is -2.28. The second kappa shape index (κ2) is 6.33. The molecule has 0 aromatic heterocycles. The highest BCUT2D eigenvalue weighted by molar-refractivity contribution is 5.83. The van der Waals surface area contributed by atoms with Gasteiger partial charge in [-0.1, -0.05) is 26.0 Å². The van der Waals surface area contributed by atoms with E-state index in [0.29, 0.717) is 13.0 Å². The van der Waals surface area contributed by atoms with Crippen molar-refractivity contribution in [2.24, 2.45) is 5.41 Å². The van der Waals surface area contributed by atoms with Crippen LogP contribution in [0.4, 0.5) is 0 Å². The van der Waals surface area contributed by atoms with Crippen LogP contribution in [0.15, 0.2) is 24.6 Å². The third kappa shape index (κ3) is 3.35. The Bertz CT molecular complexity index is 391. The van der Waals surface area contributed by atoms with Crippen LogP contribution in [0.1, 0.15) is 44.9 Å². The van der Waals surface area contributed by atoms with Gasteiger partial charge in [-0.15, -0.1) is 0 Å². The molecule has 1 saturated heterocycles. The summed E-state index contributed by atoms with van der Waals surface area (Å²) >= 11 is 0. The Morgan fingerprint density at radius 3 is 2.30 bits per heavy atom. The second-order valence-corrected chi connectivity index (χ2v) is 6.17. The van der Waals surface area contributed by atoms with Gasteiger partial charge < -0.3 is 15.3 Å². The zero-order valence-electron chi connectivity index (χ0n) is 12.3. The van der Waals surface area contributed by atoms with Crippen molar-refractivity contribution >= 4 is 5.91 Å². The molecule has 2 fully saturated rings. The summed E-state index contributed by atoms with van der Waals surface area (Å²) in [5.74, 6) is 0.158. The number of allylic oxidation sites excluding steroid dienone is 1. The number of aliphatic hydroxyl groups is 1. The van der Waals surface area contributed by atoms with E-state index in [1.165, 1.54) is 12.8 Å². The van der Waals surface area contributed by atoms with E-state index >= 15 is 0 Å². The molecule has 0 radical (unpaired) electrons. The van der Waals surface area contributed by atoms with E-state index in [1.54, 1.807) is 0 Å². The Labute approximate surface area is 121 Å². The van der Waals surface area contributed by atoms with Gasteiger partial charge in [-0.25, -0.2) is 0 Å². The Morgan fingerprint density at radius 2 is 1.75 bits per heavy atom. The fraction of sp³-hybridized carbons (Fsp3) is 0.688. The molecule has 4 nitrogen and oxygen atoms in total. The minimum atomic E-state index is -0.447. The molecule has 2 aliphatic rings. The van der Waals surface area contributed by atoms with Gasteiger partial charge in [-0.2, -0.15) is 0 Å². The zero-order chi connectivity index (χ0) is 14.6. The molecule has 1 heterocycles. The van der Waals surface area contributed by atoms with Gasteiger partial charge >= 0.3 is 0 Å². The molecular weight excluding hydrogens is 252 g/mol. The number of amides is 1. The van der Waals surface area contributed by atoms with E-state index in [0.717, 1.165) is 44.5 Å². The lowest BCUT2D eigenvalue weighted by Crippen LogP contribution is -2.41. The average Bonchev–Trinajstić information content (AvgIpc) is 3.05. The number of nitrogens with zero attached hydrogens (tertiary/aromatic N) is 1. The summed E-state index contributed by atoms with van der Waals surface area (Å²) in [6.07, 6.45) is 6.59. The van der Waals surface area contributed by atoms with Crippen LogP contribution in [0.25, 0.3) is 0 Å². The van der Waals surface area contributed by atoms with Crippen molar-refractivity contribution in [2.75, 3.05) is 19.6 Å². The Kier molecular flexibility index (Phi) is 4.73. The molecule has 0 unspecified atom stereocenters. The van der Waals surface area contributed by atoms with Gasteiger partial charge in [-0.05, 0) is 25.7 Å². The van der Waals surface area contributed by atoms with E-state index < -0.39 is 5.41 Å². The summed E-state index contributed by atoms with van der Waals surface area (Å²) in [6, 6.07) is 0. The maximum Gasteiger partial charge on any atom is 0.226 e. The maximum atomic E-state index is 12.5. The van der Waals surface area contributed by atoms with Gasteiger partial charge in [-0.3, -0.25) is 4.79 Å². The van der Waals surface area contributed by atoms with Gasteiger partial charge in [0, 0.05) is 25.2 Å². The molecule has 1 amide bonds. The van der Waals surface area contributed by atoms with Crippen LogP contribution in [-0.4, -0.2) is 35.5 Å². The molecule has 1 saturated carbocycles. The number of carbonyl (C=O) groups excluding carboxylic acids is 1. The van der Waals surface area contributed by atoms with Crippen LogP contribution in [0.2, 0.25) is 0 Å². The normalized spacial score (nSPS) is 20.9. The Morgan fingerprint density at radius 1 is 1.15 bits per heavy atom. The first kappa shape index (κ1) is 14.9. The smallest absolute Gasteiger partial charge is 0.226 e. The van der Waals surface area contributed by atoms with Crippen LogP contribution in [0, 0.1) is 5.41 Å². The second-order valence-electron chi connectivity index (χ2n) is 6.17. The predicted octanol–water partition coefficient (Wildman–Crippen LogP) is 2.73. The summed E-state index contributed by atoms with van der Waals surface area (Å²) in [5, 5.41) is 12.5. The van der Waals surface area contributed by atoms with E-state index in [4.69, 9.17) is 0 Å². The molecular formula is C16H26N2O2. The molecule has 0 aromatic carbocycles. The van der Waals surface area contributed by atoms with Gasteiger partial charge in [0.25, 0.3) is 0 Å². The zero-order valence-corrected chi connectivity index (χ0v) is 12.3. The van der Waals surface area contributed by atoms with E-state index in [2.05, 4.69) is 23.4 Å². The number of nitrogens with one attached hydrogen (secondary N) is 1. The molecule has 2 rings (SSSR count). The highest BCUT2D eigenvalue weighted by Crippen LogP contribution is 2.42. The molecule has 1 aliphatic heterocycles. The lowest BCUT2D eigenvalue weighted by molar-refractivity contribution is -0.131. The molecule has 0 atom stereocenters. The number of carbonyl (C=O) groups is 1. The third-order valence-corrected chi connectivity index (χ3v) is 4.59. The van der Waals surface area contributed by atoms with Crippen LogP contribution in [-0.2, 0) is 4.79 Å². The average molecular weight is 278 g/mol. The molecule has 2 N–H and O–H groups in total. The van der Waals surface area contributed by atoms with Gasteiger partial charge in [0.1, 0.15) is 0 Å². The molecule has 112 valence electrons. The van der Waals surface area contributed by atoms with Gasteiger partial charge in [0.15, 0.2) is 0 Å². The molecule has 0 spiro atoms. The van der Waals surface area contributed by atoms with Crippen molar-refractivity contribution in [1.29, 1.82) is 0 Å². The standard InChI is InChI=1S/C16H26N2O2/c1-13(18-9-5-6-10-18)12-17-15(20)16(11-14(2)19)7-3-4-8-16/h19H,1-12H2,(H,17,20). The number of aliphatic hydroxyl groups excluding tert-OH is 1. The van der Waals surface area contributed by atoms with Crippen molar-refractivity contribution < 1.29 is 9.90 Å². The first-order chi connectivity index (χ1) is 9.53. The Balaban J connectivity index is 1.88. The highest BCUT2D eigenvalue weighted by Gasteiger charge is 2.41. The fourth-order valence-corrected chi connectivity index (χ4v) is 3.44. The van der Waals surface area contributed by atoms with E-state index in [9.17, 15) is 9.90 Å². The fourth-order valence-electron chi connectivity index (χ4n) is 3.44. The van der Waals surface area contributed by atoms with Crippen molar-refractivity contribution in [3.05, 3.63) is 24.6 Å². The summed E-state index contributed by atoms with van der Waals surface area (Å²) in [4.78, 5) is 14.7. The SMILES string of the molecule is C=C(O)CC1(C(=O)NCC(=C)N2CCCC2)CCCC1. The summed E-state index contributed by atoms with van der Waals surface area (Å²) in [7, 11) is 0. The van der Waals surface area contributed by atoms with Crippen LogP contribution < -0.4 is 5.32 Å². The summed E-state index contributed by atoms with van der Waals surface area (Å²) in [5.41, 5.74) is 0.545. The van der Waals surface area contributed by atoms with Gasteiger partial charge in [0.05, 0.1) is 17.7 Å². The number of likely N-dealkylation sites (tertiary alicyclic amines) is 1. The summed E-state index contributed by atoms with van der Waals surface area (Å²) in [6.45, 7) is 10.2. The molecule has 4 heteroatoms. The number of hydrogen-bond donors (Lipinski definition) is 2. The van der Waals surface area contributed by atoms with Crippen molar-refractivity contribution in [3.63, 3.8) is 0 Å². The molecule has 1 aliphatic carbocycles. The Hall–Kier alpha value is -1.45. The lowest BCUT2D eigenvalue weighted by atomic mass is 9.81. The first-order valence-electron chi connectivity index (χ1n) is 7.61. The first-order valence-corrected chi connectivity index (χ1v) is 7.61. The summed E-state index contributed by atoms with van der Waals surface area (Å²) < 4.78 is 0. The largest absolute Gasteiger partial charge is 0.513 e. The van der Waals surface area contributed by atoms with Crippen LogP contribution in [0.3, 0.4) is 0 Å². The molecule has 0 aromatic rings. The maximum absolute atomic E-state index is 12.5. The minimum absolute atomic E-state index is 0.0468. The topological polar surface area (TPSA) is 52.6 Å². The van der Waals surface area contributed by atoms with Crippen molar-refractivity contribution in [1.82, 2.24) is 10.2 Å². The number of rotatable bonds is 6. The molecule has 20 heavy (non-hydrogen) atoms. The van der Waals surface area contributed by atoms with Crippen LogP contribution in [0.5, 0.6) is 0 Å². The highest BCUT2D eigenvalue weighted by atomic mass is 16.3. The van der Waals surface area contributed by atoms with E-state index in [-0.39, 0.29) is 11.7 Å².